The van der Waals surface area contributed by atoms with Gasteiger partial charge in [-0.2, -0.15) is 0 Å². The molecule has 2 aliphatic heterocycles. The topological polar surface area (TPSA) is 110 Å². The number of fused-ring (bicyclic) bond motifs is 1. The summed E-state index contributed by atoms with van der Waals surface area (Å²) in [6.45, 7) is 3.20. The molecule has 32 heavy (non-hydrogen) atoms. The van der Waals surface area contributed by atoms with E-state index in [0.29, 0.717) is 36.8 Å². The molecule has 0 radical (unpaired) electrons. The SMILES string of the molecule is O=C(CCCNS(=O)(=O)c1ccc2c(c1)OCCCO2)Nc1ccc(N2CCCC2)nc1. The molecular weight excluding hydrogens is 432 g/mol. The van der Waals surface area contributed by atoms with E-state index in [1.54, 1.807) is 12.3 Å². The Labute approximate surface area is 188 Å². The standard InChI is InChI=1S/C22H28N4O5S/c27-22(25-17-6-9-21(23-16-17)26-11-1-2-12-26)5-3-10-24-32(28,29)18-7-8-19-20(15-18)31-14-4-13-30-19/h6-9,15-16,24H,1-5,10-14H2,(H,25,27). The molecule has 2 N–H and O–H groups in total. The molecule has 0 spiro atoms. The average Bonchev–Trinajstić information content (AvgIpc) is 3.22. The maximum atomic E-state index is 12.6. The summed E-state index contributed by atoms with van der Waals surface area (Å²) in [6.07, 6.45) is 5.32. The third-order valence-corrected chi connectivity index (χ3v) is 6.82. The second-order valence-electron chi connectivity index (χ2n) is 7.81. The summed E-state index contributed by atoms with van der Waals surface area (Å²) in [5.41, 5.74) is 0.630. The van der Waals surface area contributed by atoms with Crippen molar-refractivity contribution in [2.45, 2.75) is 37.0 Å². The molecule has 0 unspecified atom stereocenters. The fourth-order valence-electron chi connectivity index (χ4n) is 3.67. The molecule has 0 aliphatic carbocycles. The summed E-state index contributed by atoms with van der Waals surface area (Å²) < 4.78 is 38.7. The van der Waals surface area contributed by atoms with Crippen molar-refractivity contribution in [2.24, 2.45) is 0 Å². The molecule has 2 aliphatic rings. The van der Waals surface area contributed by atoms with Gasteiger partial charge < -0.3 is 19.7 Å². The van der Waals surface area contributed by atoms with Crippen molar-refractivity contribution in [3.05, 3.63) is 36.5 Å². The van der Waals surface area contributed by atoms with Gasteiger partial charge in [0, 0.05) is 38.5 Å². The van der Waals surface area contributed by atoms with E-state index < -0.39 is 10.0 Å². The van der Waals surface area contributed by atoms with Gasteiger partial charge in [0.2, 0.25) is 15.9 Å². The molecule has 1 fully saturated rings. The van der Waals surface area contributed by atoms with E-state index in [-0.39, 0.29) is 23.8 Å². The molecule has 172 valence electrons. The Hall–Kier alpha value is -2.85. The number of carbonyl (C=O) groups excluding carboxylic acids is 1. The Balaban J connectivity index is 1.23. The number of nitrogens with one attached hydrogen (secondary N) is 2. The van der Waals surface area contributed by atoms with Gasteiger partial charge >= 0.3 is 0 Å². The molecular formula is C22H28N4O5S. The van der Waals surface area contributed by atoms with Crippen LogP contribution in [0.15, 0.2) is 41.4 Å². The predicted molar refractivity (Wildman–Crippen MR) is 121 cm³/mol. The number of sulfonamides is 1. The maximum absolute atomic E-state index is 12.6. The number of ether oxygens (including phenoxy) is 2. The number of benzene rings is 1. The lowest BCUT2D eigenvalue weighted by atomic mass is 10.3. The third-order valence-electron chi connectivity index (χ3n) is 5.36. The summed E-state index contributed by atoms with van der Waals surface area (Å²) in [6, 6.07) is 8.30. The second kappa shape index (κ2) is 10.2. The molecule has 1 saturated heterocycles. The molecule has 9 nitrogen and oxygen atoms in total. The van der Waals surface area contributed by atoms with Gasteiger partial charge in [0.1, 0.15) is 5.82 Å². The number of pyridine rings is 1. The van der Waals surface area contributed by atoms with E-state index >= 15 is 0 Å². The minimum atomic E-state index is -3.71. The Morgan fingerprint density at radius 3 is 2.56 bits per heavy atom. The molecule has 0 bridgehead atoms. The zero-order chi connectivity index (χ0) is 22.4. The van der Waals surface area contributed by atoms with E-state index in [1.807, 2.05) is 12.1 Å². The summed E-state index contributed by atoms with van der Waals surface area (Å²) in [4.78, 5) is 18.9. The number of aromatic nitrogens is 1. The molecule has 0 atom stereocenters. The summed E-state index contributed by atoms with van der Waals surface area (Å²) in [5, 5.41) is 2.80. The summed E-state index contributed by atoms with van der Waals surface area (Å²) in [7, 11) is -3.71. The smallest absolute Gasteiger partial charge is 0.240 e. The van der Waals surface area contributed by atoms with Gasteiger partial charge in [0.25, 0.3) is 0 Å². The summed E-state index contributed by atoms with van der Waals surface area (Å²) in [5.74, 6) is 1.70. The van der Waals surface area contributed by atoms with Crippen LogP contribution in [0.2, 0.25) is 0 Å². The molecule has 1 amide bonds. The highest BCUT2D eigenvalue weighted by atomic mass is 32.2. The molecule has 2 aromatic rings. The summed E-state index contributed by atoms with van der Waals surface area (Å²) >= 11 is 0. The number of hydrogen-bond donors (Lipinski definition) is 2. The quantitative estimate of drug-likeness (QED) is 0.583. The normalized spacial score (nSPS) is 15.9. The monoisotopic (exact) mass is 460 g/mol. The van der Waals surface area contributed by atoms with Crippen LogP contribution >= 0.6 is 0 Å². The lowest BCUT2D eigenvalue weighted by molar-refractivity contribution is -0.116. The van der Waals surface area contributed by atoms with E-state index in [0.717, 1.165) is 25.3 Å². The van der Waals surface area contributed by atoms with Crippen molar-refractivity contribution < 1.29 is 22.7 Å². The minimum Gasteiger partial charge on any atom is -0.490 e. The van der Waals surface area contributed by atoms with Crippen molar-refractivity contribution in [3.8, 4) is 11.5 Å². The van der Waals surface area contributed by atoms with Crippen LogP contribution < -0.4 is 24.4 Å². The van der Waals surface area contributed by atoms with Crippen LogP contribution in [0.1, 0.15) is 32.1 Å². The molecule has 1 aromatic heterocycles. The van der Waals surface area contributed by atoms with Crippen LogP contribution in [0.5, 0.6) is 11.5 Å². The van der Waals surface area contributed by atoms with Crippen LogP contribution in [0.4, 0.5) is 11.5 Å². The van der Waals surface area contributed by atoms with E-state index in [2.05, 4.69) is 19.9 Å². The highest BCUT2D eigenvalue weighted by Gasteiger charge is 2.19. The molecule has 0 saturated carbocycles. The lowest BCUT2D eigenvalue weighted by Gasteiger charge is -2.16. The number of anilines is 2. The Morgan fingerprint density at radius 1 is 1.03 bits per heavy atom. The fourth-order valence-corrected chi connectivity index (χ4v) is 4.76. The number of rotatable bonds is 8. The van der Waals surface area contributed by atoms with Gasteiger partial charge in [0.05, 0.1) is 30.0 Å². The van der Waals surface area contributed by atoms with E-state index in [9.17, 15) is 13.2 Å². The fraction of sp³-hybridized carbons (Fsp3) is 0.455. The van der Waals surface area contributed by atoms with Gasteiger partial charge in [-0.1, -0.05) is 0 Å². The first-order chi connectivity index (χ1) is 15.5. The van der Waals surface area contributed by atoms with Crippen molar-refractivity contribution in [1.29, 1.82) is 0 Å². The van der Waals surface area contributed by atoms with Crippen molar-refractivity contribution in [1.82, 2.24) is 9.71 Å². The van der Waals surface area contributed by atoms with Gasteiger partial charge in [-0.15, -0.1) is 0 Å². The largest absolute Gasteiger partial charge is 0.490 e. The molecule has 10 heteroatoms. The molecule has 1 aromatic carbocycles. The minimum absolute atomic E-state index is 0.107. The number of amides is 1. The Kier molecular flexibility index (Phi) is 7.11. The number of nitrogens with zero attached hydrogens (tertiary/aromatic N) is 2. The molecule has 3 heterocycles. The first kappa shape index (κ1) is 22.3. The van der Waals surface area contributed by atoms with E-state index in [4.69, 9.17) is 9.47 Å². The zero-order valence-corrected chi connectivity index (χ0v) is 18.7. The molecule has 4 rings (SSSR count). The van der Waals surface area contributed by atoms with Gasteiger partial charge in [-0.25, -0.2) is 18.1 Å². The van der Waals surface area contributed by atoms with Crippen molar-refractivity contribution in [2.75, 3.05) is 43.1 Å². The lowest BCUT2D eigenvalue weighted by Crippen LogP contribution is -2.26. The van der Waals surface area contributed by atoms with E-state index in [1.165, 1.54) is 25.0 Å². The predicted octanol–water partition coefficient (Wildman–Crippen LogP) is 2.54. The third kappa shape index (κ3) is 5.68. The maximum Gasteiger partial charge on any atom is 0.240 e. The number of carbonyl (C=O) groups is 1. The second-order valence-corrected chi connectivity index (χ2v) is 9.57. The van der Waals surface area contributed by atoms with Crippen molar-refractivity contribution in [3.63, 3.8) is 0 Å². The van der Waals surface area contributed by atoms with Gasteiger partial charge in [0.15, 0.2) is 11.5 Å². The number of hydrogen-bond acceptors (Lipinski definition) is 7. The van der Waals surface area contributed by atoms with Crippen LogP contribution in [0.25, 0.3) is 0 Å². The van der Waals surface area contributed by atoms with Crippen molar-refractivity contribution >= 4 is 27.4 Å². The van der Waals surface area contributed by atoms with Crippen LogP contribution in [-0.4, -0.2) is 52.2 Å². The Morgan fingerprint density at radius 2 is 1.81 bits per heavy atom. The Bertz CT molecular complexity index is 1040. The van der Waals surface area contributed by atoms with Crippen LogP contribution in [0.3, 0.4) is 0 Å². The first-order valence-electron chi connectivity index (χ1n) is 10.9. The first-order valence-corrected chi connectivity index (χ1v) is 12.4. The zero-order valence-electron chi connectivity index (χ0n) is 17.9. The van der Waals surface area contributed by atoms with Gasteiger partial charge in [-0.05, 0) is 43.5 Å². The highest BCUT2D eigenvalue weighted by Crippen LogP contribution is 2.31. The average molecular weight is 461 g/mol. The van der Waals surface area contributed by atoms with Crippen LogP contribution in [-0.2, 0) is 14.8 Å². The van der Waals surface area contributed by atoms with Crippen LogP contribution in [0, 0.1) is 0 Å². The highest BCUT2D eigenvalue weighted by molar-refractivity contribution is 7.89. The van der Waals surface area contributed by atoms with Gasteiger partial charge in [-0.3, -0.25) is 4.79 Å².